The van der Waals surface area contributed by atoms with Crippen molar-refractivity contribution in [3.8, 4) is 6.07 Å². The van der Waals surface area contributed by atoms with Gasteiger partial charge in [0.2, 0.25) is 0 Å². The van der Waals surface area contributed by atoms with Crippen LogP contribution in [0.5, 0.6) is 0 Å². The summed E-state index contributed by atoms with van der Waals surface area (Å²) in [4.78, 5) is 22.7. The first-order valence-electron chi connectivity index (χ1n) is 4.79. The first kappa shape index (κ1) is 12.8. The highest BCUT2D eigenvalue weighted by atomic mass is 19.1. The molecule has 0 N–H and O–H groups in total. The van der Waals surface area contributed by atoms with E-state index in [0.717, 1.165) is 13.2 Å². The fourth-order valence-electron chi connectivity index (χ4n) is 1.46. The average Bonchev–Trinajstić information content (AvgIpc) is 2.28. The number of carbonyl (C=O) groups excluding carboxylic acids is 2. The van der Waals surface area contributed by atoms with Gasteiger partial charge in [0.15, 0.2) is 0 Å². The number of halogens is 1. The van der Waals surface area contributed by atoms with E-state index in [1.165, 1.54) is 19.1 Å². The van der Waals surface area contributed by atoms with Crippen molar-refractivity contribution in [2.75, 3.05) is 7.11 Å². The van der Waals surface area contributed by atoms with Crippen molar-refractivity contribution in [3.63, 3.8) is 0 Å². The van der Waals surface area contributed by atoms with Gasteiger partial charge in [0.1, 0.15) is 23.6 Å². The molecule has 0 saturated heterocycles. The minimum atomic E-state index is -1.15. The predicted molar refractivity (Wildman–Crippen MR) is 56.6 cm³/mol. The number of nitrogens with zero attached hydrogens (tertiary/aromatic N) is 1. The zero-order valence-corrected chi connectivity index (χ0v) is 9.36. The first-order chi connectivity index (χ1) is 8.01. The van der Waals surface area contributed by atoms with E-state index in [-0.39, 0.29) is 11.1 Å². The molecule has 0 saturated carbocycles. The molecule has 0 aliphatic rings. The van der Waals surface area contributed by atoms with Crippen LogP contribution in [0.15, 0.2) is 18.2 Å². The molecule has 0 radical (unpaired) electrons. The van der Waals surface area contributed by atoms with Crippen molar-refractivity contribution < 1.29 is 18.7 Å². The van der Waals surface area contributed by atoms with Gasteiger partial charge in [-0.2, -0.15) is 5.26 Å². The predicted octanol–water partition coefficient (Wildman–Crippen LogP) is 1.54. The lowest BCUT2D eigenvalue weighted by molar-refractivity contribution is -0.145. The van der Waals surface area contributed by atoms with E-state index in [0.29, 0.717) is 0 Å². The van der Waals surface area contributed by atoms with E-state index in [1.807, 2.05) is 0 Å². The maximum atomic E-state index is 13.4. The van der Waals surface area contributed by atoms with Gasteiger partial charge in [0.25, 0.3) is 0 Å². The molecule has 0 fully saturated rings. The second-order valence-corrected chi connectivity index (χ2v) is 3.42. The minimum Gasteiger partial charge on any atom is -0.468 e. The number of ether oxygens (including phenoxy) is 1. The Kier molecular flexibility index (Phi) is 3.94. The summed E-state index contributed by atoms with van der Waals surface area (Å²) in [7, 11) is 1.15. The lowest BCUT2D eigenvalue weighted by atomic mass is 9.94. The van der Waals surface area contributed by atoms with Gasteiger partial charge >= 0.3 is 5.97 Å². The molecule has 5 heteroatoms. The van der Waals surface area contributed by atoms with Gasteiger partial charge in [-0.3, -0.25) is 9.59 Å². The molecular weight excluding hydrogens is 225 g/mol. The largest absolute Gasteiger partial charge is 0.468 e. The molecule has 0 spiro atoms. The normalized spacial score (nSPS) is 11.4. The molecule has 1 atom stereocenters. The van der Waals surface area contributed by atoms with Crippen LogP contribution in [0, 0.1) is 17.1 Å². The molecule has 0 bridgehead atoms. The number of rotatable bonds is 3. The summed E-state index contributed by atoms with van der Waals surface area (Å²) in [6.45, 7) is 1.22. The summed E-state index contributed by atoms with van der Waals surface area (Å²) in [6.07, 6.45) is 0. The Balaban J connectivity index is 3.22. The molecular formula is C12H10FNO3. The van der Waals surface area contributed by atoms with Crippen molar-refractivity contribution >= 4 is 11.8 Å². The molecule has 0 amide bonds. The Labute approximate surface area is 97.6 Å². The third-order valence-corrected chi connectivity index (χ3v) is 2.29. The monoisotopic (exact) mass is 235 g/mol. The number of methoxy groups -OCH3 is 1. The maximum Gasteiger partial charge on any atom is 0.320 e. The number of hydrogen-bond acceptors (Lipinski definition) is 4. The van der Waals surface area contributed by atoms with Gasteiger partial charge in [-0.05, 0) is 24.6 Å². The fourth-order valence-corrected chi connectivity index (χ4v) is 1.46. The Bertz CT molecular complexity index is 505. The zero-order chi connectivity index (χ0) is 13.0. The molecule has 1 unspecified atom stereocenters. The standard InChI is InChI=1S/C12H10FNO3/c1-7(15)11(12(16)17-2)8-3-4-9(6-14)10(13)5-8/h3-5,11H,1-2H3. The van der Waals surface area contributed by atoms with E-state index >= 15 is 0 Å². The van der Waals surface area contributed by atoms with Crippen LogP contribution < -0.4 is 0 Å². The summed E-state index contributed by atoms with van der Waals surface area (Å²) < 4.78 is 17.8. The average molecular weight is 235 g/mol. The number of esters is 1. The van der Waals surface area contributed by atoms with Crippen LogP contribution in [0.1, 0.15) is 24.0 Å². The number of Topliss-reactive ketones (excluding diaryl/α,β-unsaturated/α-hetero) is 1. The van der Waals surface area contributed by atoms with E-state index in [4.69, 9.17) is 5.26 Å². The highest BCUT2D eigenvalue weighted by Crippen LogP contribution is 2.21. The van der Waals surface area contributed by atoms with Crippen LogP contribution in [0.3, 0.4) is 0 Å². The van der Waals surface area contributed by atoms with Crippen molar-refractivity contribution in [3.05, 3.63) is 35.1 Å². The van der Waals surface area contributed by atoms with Crippen LogP contribution in [0.4, 0.5) is 4.39 Å². The summed E-state index contributed by atoms with van der Waals surface area (Å²) in [5, 5.41) is 8.56. The topological polar surface area (TPSA) is 67.2 Å². The third kappa shape index (κ3) is 2.67. The molecule has 88 valence electrons. The lowest BCUT2D eigenvalue weighted by Gasteiger charge is -2.11. The summed E-state index contributed by atoms with van der Waals surface area (Å²) in [6, 6.07) is 5.25. The number of nitriles is 1. The fraction of sp³-hybridized carbons (Fsp3) is 0.250. The van der Waals surface area contributed by atoms with Crippen molar-refractivity contribution in [1.82, 2.24) is 0 Å². The second kappa shape index (κ2) is 5.21. The summed E-state index contributed by atoms with van der Waals surface area (Å²) in [5.41, 5.74) is 0.0433. The van der Waals surface area contributed by atoms with Crippen LogP contribution in [0.25, 0.3) is 0 Å². The number of benzene rings is 1. The molecule has 0 aliphatic heterocycles. The summed E-state index contributed by atoms with van der Waals surface area (Å²) >= 11 is 0. The Morgan fingerprint density at radius 3 is 2.53 bits per heavy atom. The lowest BCUT2D eigenvalue weighted by Crippen LogP contribution is -2.21. The quantitative estimate of drug-likeness (QED) is 0.588. The highest BCUT2D eigenvalue weighted by Gasteiger charge is 2.26. The molecule has 0 aromatic heterocycles. The van der Waals surface area contributed by atoms with Crippen molar-refractivity contribution in [1.29, 1.82) is 5.26 Å². The number of carbonyl (C=O) groups is 2. The van der Waals surface area contributed by atoms with E-state index < -0.39 is 23.5 Å². The molecule has 1 aromatic rings. The van der Waals surface area contributed by atoms with Crippen LogP contribution in [-0.4, -0.2) is 18.9 Å². The van der Waals surface area contributed by atoms with Gasteiger partial charge in [0, 0.05) is 0 Å². The van der Waals surface area contributed by atoms with Crippen LogP contribution in [0.2, 0.25) is 0 Å². The minimum absolute atomic E-state index is 0.138. The molecule has 4 nitrogen and oxygen atoms in total. The first-order valence-corrected chi connectivity index (χ1v) is 4.79. The summed E-state index contributed by atoms with van der Waals surface area (Å²) in [5.74, 6) is -3.11. The van der Waals surface area contributed by atoms with E-state index in [2.05, 4.69) is 4.74 Å². The van der Waals surface area contributed by atoms with Crippen molar-refractivity contribution in [2.24, 2.45) is 0 Å². The van der Waals surface area contributed by atoms with Gasteiger partial charge in [0.05, 0.1) is 12.7 Å². The Morgan fingerprint density at radius 1 is 1.47 bits per heavy atom. The molecule has 1 aromatic carbocycles. The molecule has 17 heavy (non-hydrogen) atoms. The zero-order valence-electron chi connectivity index (χ0n) is 9.36. The molecule has 0 heterocycles. The van der Waals surface area contributed by atoms with Gasteiger partial charge in [-0.25, -0.2) is 4.39 Å². The number of ketones is 1. The Hall–Kier alpha value is -2.22. The van der Waals surface area contributed by atoms with Crippen LogP contribution in [-0.2, 0) is 14.3 Å². The second-order valence-electron chi connectivity index (χ2n) is 3.42. The van der Waals surface area contributed by atoms with E-state index in [1.54, 1.807) is 6.07 Å². The SMILES string of the molecule is COC(=O)C(C(C)=O)c1ccc(C#N)c(F)c1. The number of hydrogen-bond donors (Lipinski definition) is 0. The maximum absolute atomic E-state index is 13.4. The smallest absolute Gasteiger partial charge is 0.320 e. The molecule has 0 aliphatic carbocycles. The molecule has 1 rings (SSSR count). The van der Waals surface area contributed by atoms with E-state index in [9.17, 15) is 14.0 Å². The third-order valence-electron chi connectivity index (χ3n) is 2.29. The van der Waals surface area contributed by atoms with Gasteiger partial charge in [-0.15, -0.1) is 0 Å². The van der Waals surface area contributed by atoms with Crippen LogP contribution >= 0.6 is 0 Å². The van der Waals surface area contributed by atoms with Gasteiger partial charge < -0.3 is 4.74 Å². The van der Waals surface area contributed by atoms with Gasteiger partial charge in [-0.1, -0.05) is 6.07 Å². The van der Waals surface area contributed by atoms with Crippen molar-refractivity contribution in [2.45, 2.75) is 12.8 Å². The highest BCUT2D eigenvalue weighted by molar-refractivity contribution is 6.03. The Morgan fingerprint density at radius 2 is 2.12 bits per heavy atom.